The van der Waals surface area contributed by atoms with Crippen LogP contribution in [0.5, 0.6) is 0 Å². The molecule has 0 saturated carbocycles. The first-order valence-electron chi connectivity index (χ1n) is 4.54. The minimum atomic E-state index is -0.928. The third kappa shape index (κ3) is 3.77. The van der Waals surface area contributed by atoms with E-state index in [4.69, 9.17) is 5.73 Å². The Hall–Kier alpha value is -0.651. The van der Waals surface area contributed by atoms with Crippen molar-refractivity contribution >= 4 is 30.8 Å². The van der Waals surface area contributed by atoms with Crippen LogP contribution in [0.2, 0.25) is 3.43 Å². The summed E-state index contributed by atoms with van der Waals surface area (Å²) in [6.07, 6.45) is 0. The van der Waals surface area contributed by atoms with Crippen molar-refractivity contribution in [3.05, 3.63) is 23.6 Å². The first-order valence-corrected chi connectivity index (χ1v) is 7.39. The van der Waals surface area contributed by atoms with Gasteiger partial charge in [-0.3, -0.25) is 0 Å². The number of nitrogens with zero attached hydrogens (tertiary/aromatic N) is 1. The van der Waals surface area contributed by atoms with Gasteiger partial charge in [0.2, 0.25) is 0 Å². The normalized spacial score (nSPS) is 11.5. The maximum atomic E-state index is 13.3. The van der Waals surface area contributed by atoms with Crippen LogP contribution < -0.4 is 9.44 Å². The number of rotatable bonds is 2. The molecule has 0 atom stereocenters. The Balaban J connectivity index is 2.97. The molecule has 0 aliphatic carbocycles. The molecule has 2 radical (unpaired) electrons. The summed E-state index contributed by atoms with van der Waals surface area (Å²) >= 11 is -0.928. The molecule has 0 bridgehead atoms. The second kappa shape index (κ2) is 4.47. The van der Waals surface area contributed by atoms with E-state index in [0.29, 0.717) is 0 Å². The van der Waals surface area contributed by atoms with Crippen molar-refractivity contribution in [2.75, 3.05) is 0 Å². The summed E-state index contributed by atoms with van der Waals surface area (Å²) < 4.78 is 14.3. The number of aromatic nitrogens is 1. The molecule has 15 heavy (non-hydrogen) atoms. The molecule has 1 aromatic heterocycles. The molecule has 1 heterocycles. The van der Waals surface area contributed by atoms with Gasteiger partial charge in [-0.2, -0.15) is 0 Å². The zero-order valence-corrected chi connectivity index (χ0v) is 11.8. The fraction of sp³-hybridized carbons (Fsp3) is 0.400. The van der Waals surface area contributed by atoms with Gasteiger partial charge in [0.15, 0.2) is 0 Å². The Bertz CT molecular complexity index is 387. The monoisotopic (exact) mass is 316 g/mol. The minimum absolute atomic E-state index is 0.132. The molecule has 2 N–H and O–H groups in total. The van der Waals surface area contributed by atoms with Gasteiger partial charge in [0.1, 0.15) is 0 Å². The van der Waals surface area contributed by atoms with E-state index < -0.39 is 33.0 Å². The van der Waals surface area contributed by atoms with Gasteiger partial charge >= 0.3 is 98.5 Å². The van der Waals surface area contributed by atoms with Crippen molar-refractivity contribution in [2.24, 2.45) is 5.73 Å². The molecular weight excluding hydrogens is 302 g/mol. The molecule has 0 aromatic carbocycles. The summed E-state index contributed by atoms with van der Waals surface area (Å²) in [7, 11) is 0. The Morgan fingerprint density at radius 2 is 2.07 bits per heavy atom. The Morgan fingerprint density at radius 3 is 2.47 bits per heavy atom. The molecule has 5 heteroatoms. The summed E-state index contributed by atoms with van der Waals surface area (Å²) in [6.45, 7) is 6.34. The van der Waals surface area contributed by atoms with Crippen LogP contribution in [0.4, 0.5) is 4.39 Å². The van der Waals surface area contributed by atoms with Gasteiger partial charge in [0.25, 0.3) is 0 Å². The number of hydrogen-bond donors (Lipinski definition) is 1. The molecule has 0 aliphatic heterocycles. The molecule has 0 spiro atoms. The number of hydrogen-bond acceptors (Lipinski definition) is 2. The van der Waals surface area contributed by atoms with Crippen molar-refractivity contribution < 1.29 is 9.18 Å². The standard InChI is InChI=1S/C6H4FN2O.C4H9.Sn/c7-5-4(6(8)10)2-1-3-9-5;1-4(2)3;/h1-2H,(H2,8,10);1-3H3;. The first-order chi connectivity index (χ1) is 6.79. The summed E-state index contributed by atoms with van der Waals surface area (Å²) in [6, 6.07) is 3.13. The zero-order chi connectivity index (χ0) is 11.6. The molecule has 80 valence electrons. The van der Waals surface area contributed by atoms with Crippen LogP contribution in [-0.2, 0) is 0 Å². The molecule has 0 aliphatic rings. The number of pyridine rings is 1. The molecule has 1 aromatic rings. The fourth-order valence-electron chi connectivity index (χ4n) is 1.07. The van der Waals surface area contributed by atoms with Gasteiger partial charge in [-0.15, -0.1) is 0 Å². The SMILES string of the molecule is C[C](C)(C)[Sn][c]1ccc(C(N)=O)c(F)n1. The van der Waals surface area contributed by atoms with E-state index in [1.165, 1.54) is 6.07 Å². The molecule has 1 rings (SSSR count). The van der Waals surface area contributed by atoms with Crippen LogP contribution in [0.15, 0.2) is 12.1 Å². The van der Waals surface area contributed by atoms with Crippen molar-refractivity contribution in [2.45, 2.75) is 24.2 Å². The van der Waals surface area contributed by atoms with Gasteiger partial charge in [-0.05, 0) is 0 Å². The number of carbonyl (C=O) groups excluding carboxylic acids is 1. The van der Waals surface area contributed by atoms with Crippen LogP contribution >= 0.6 is 0 Å². The van der Waals surface area contributed by atoms with Gasteiger partial charge in [0.05, 0.1) is 0 Å². The van der Waals surface area contributed by atoms with Gasteiger partial charge < -0.3 is 0 Å². The number of primary amides is 1. The second-order valence-corrected chi connectivity index (χ2v) is 10.7. The van der Waals surface area contributed by atoms with Gasteiger partial charge in [-0.25, -0.2) is 0 Å². The van der Waals surface area contributed by atoms with Crippen LogP contribution in [0, 0.1) is 5.95 Å². The van der Waals surface area contributed by atoms with Crippen LogP contribution in [0.1, 0.15) is 31.1 Å². The first kappa shape index (κ1) is 12.4. The molecule has 3 nitrogen and oxygen atoms in total. The predicted octanol–water partition coefficient (Wildman–Crippen LogP) is 0.867. The average molecular weight is 315 g/mol. The van der Waals surface area contributed by atoms with Crippen LogP contribution in [0.25, 0.3) is 0 Å². The maximum absolute atomic E-state index is 13.3. The second-order valence-electron chi connectivity index (χ2n) is 4.27. The third-order valence-corrected chi connectivity index (χ3v) is 5.28. The summed E-state index contributed by atoms with van der Waals surface area (Å²) in [5, 5.41) is 0. The van der Waals surface area contributed by atoms with E-state index in [1.54, 1.807) is 6.07 Å². The Kier molecular flexibility index (Phi) is 3.70. The van der Waals surface area contributed by atoms with Crippen LogP contribution in [0.3, 0.4) is 0 Å². The Morgan fingerprint density at radius 1 is 1.47 bits per heavy atom. The summed E-state index contributed by atoms with van der Waals surface area (Å²) in [5.74, 6) is -1.52. The van der Waals surface area contributed by atoms with Crippen molar-refractivity contribution in [3.63, 3.8) is 0 Å². The van der Waals surface area contributed by atoms with E-state index in [0.717, 1.165) is 3.71 Å². The van der Waals surface area contributed by atoms with E-state index >= 15 is 0 Å². The van der Waals surface area contributed by atoms with E-state index in [2.05, 4.69) is 25.8 Å². The van der Waals surface area contributed by atoms with E-state index in [9.17, 15) is 9.18 Å². The molecular formula is C10H13FN2OSn. The zero-order valence-electron chi connectivity index (χ0n) is 8.97. The molecule has 1 amide bonds. The number of carbonyl (C=O) groups is 1. The van der Waals surface area contributed by atoms with Crippen LogP contribution in [-0.4, -0.2) is 32.0 Å². The predicted molar refractivity (Wildman–Crippen MR) is 57.8 cm³/mol. The quantitative estimate of drug-likeness (QED) is 0.650. The van der Waals surface area contributed by atoms with Gasteiger partial charge in [-0.1, -0.05) is 0 Å². The molecule has 0 unspecified atom stereocenters. The third-order valence-electron chi connectivity index (χ3n) is 1.62. The van der Waals surface area contributed by atoms with Crippen molar-refractivity contribution in [3.8, 4) is 0 Å². The molecule has 0 saturated heterocycles. The summed E-state index contributed by atoms with van der Waals surface area (Å²) in [4.78, 5) is 14.6. The average Bonchev–Trinajstić information content (AvgIpc) is 1.99. The number of amides is 1. The van der Waals surface area contributed by atoms with Crippen molar-refractivity contribution in [1.82, 2.24) is 4.98 Å². The fourth-order valence-corrected chi connectivity index (χ4v) is 4.18. The number of nitrogens with two attached hydrogens (primary N) is 1. The topological polar surface area (TPSA) is 56.0 Å². The van der Waals surface area contributed by atoms with Gasteiger partial charge in [0, 0.05) is 0 Å². The van der Waals surface area contributed by atoms with E-state index in [-0.39, 0.29) is 8.99 Å². The van der Waals surface area contributed by atoms with E-state index in [1.807, 2.05) is 0 Å². The van der Waals surface area contributed by atoms with Crippen molar-refractivity contribution in [1.29, 1.82) is 0 Å². The Labute approximate surface area is 98.5 Å². The molecule has 0 fully saturated rings. The summed E-state index contributed by atoms with van der Waals surface area (Å²) in [5.41, 5.74) is 4.85. The number of halogens is 1.